The van der Waals surface area contributed by atoms with E-state index in [0.29, 0.717) is 16.7 Å². The Morgan fingerprint density at radius 2 is 1.08 bits per heavy atom. The average molecular weight is 892 g/mol. The molecule has 0 radical (unpaired) electrons. The number of hydrogen-bond donors (Lipinski definition) is 7. The number of benzene rings is 3. The standard InChI is InChI=1S/C48H57N7O10/c1-30-40(57)50-34-25-17-18-28-37(45(62)64-5)52-44(61)38(53-43(60)35(51-42(34)59)26-15-16-27-36(41(58)49-30)54-46(63)65-47(2,3)4)29-39(56)55-48(31-19-9-6-10-20-31,32-21-11-7-12-22-32)33-23-13-8-14-24-33/h6-24,30,34-38H,25-29H2,1-5H3,(H,49,58)(H,50,57)(H,51,59)(H,52,61)(H,53,60)(H,54,63)(H,55,56)/b16-15+,18-17-/t30-,34+,35-,36+,37-,38-/m0/s1. The van der Waals surface area contributed by atoms with Gasteiger partial charge in [0.1, 0.15) is 47.4 Å². The van der Waals surface area contributed by atoms with Crippen LogP contribution in [0.1, 0.15) is 76.5 Å². The second-order valence-electron chi connectivity index (χ2n) is 16.7. The van der Waals surface area contributed by atoms with Crippen LogP contribution in [0.15, 0.2) is 115 Å². The molecule has 0 saturated heterocycles. The molecule has 2 aliphatic rings. The fourth-order valence-corrected chi connectivity index (χ4v) is 7.36. The van der Waals surface area contributed by atoms with Gasteiger partial charge >= 0.3 is 12.1 Å². The lowest BCUT2D eigenvalue weighted by molar-refractivity contribution is -0.145. The molecule has 17 heteroatoms. The van der Waals surface area contributed by atoms with Crippen molar-refractivity contribution in [3.8, 4) is 0 Å². The summed E-state index contributed by atoms with van der Waals surface area (Å²) < 4.78 is 10.3. The molecule has 0 saturated carbocycles. The van der Waals surface area contributed by atoms with E-state index in [4.69, 9.17) is 9.47 Å². The highest BCUT2D eigenvalue weighted by molar-refractivity contribution is 5.98. The monoisotopic (exact) mass is 891 g/mol. The van der Waals surface area contributed by atoms with Gasteiger partial charge in [0.25, 0.3) is 0 Å². The van der Waals surface area contributed by atoms with E-state index in [1.165, 1.54) is 31.2 Å². The molecular weight excluding hydrogens is 835 g/mol. The first-order chi connectivity index (χ1) is 31.0. The Morgan fingerprint density at radius 3 is 1.58 bits per heavy atom. The lowest BCUT2D eigenvalue weighted by atomic mass is 9.77. The lowest BCUT2D eigenvalue weighted by Gasteiger charge is -2.37. The summed E-state index contributed by atoms with van der Waals surface area (Å²) in [5.41, 5.74) is -0.0497. The largest absolute Gasteiger partial charge is 0.467 e. The quantitative estimate of drug-likeness (QED) is 0.0992. The number of esters is 1. The van der Waals surface area contributed by atoms with Crippen LogP contribution in [0, 0.1) is 0 Å². The van der Waals surface area contributed by atoms with Crippen LogP contribution in [0.3, 0.4) is 0 Å². The topological polar surface area (TPSA) is 239 Å². The number of methoxy groups -OCH3 is 1. The van der Waals surface area contributed by atoms with Gasteiger partial charge in [0.15, 0.2) is 0 Å². The number of ether oxygens (including phenoxy) is 2. The first-order valence-corrected chi connectivity index (χ1v) is 21.4. The van der Waals surface area contributed by atoms with Crippen LogP contribution in [-0.2, 0) is 48.6 Å². The van der Waals surface area contributed by atoms with Crippen molar-refractivity contribution in [1.82, 2.24) is 37.2 Å². The predicted octanol–water partition coefficient (Wildman–Crippen LogP) is 2.70. The summed E-state index contributed by atoms with van der Waals surface area (Å²) in [5, 5.41) is 18.8. The minimum atomic E-state index is -1.61. The van der Waals surface area contributed by atoms with Gasteiger partial charge in [-0.15, -0.1) is 0 Å². The number of amides is 7. The molecule has 0 aromatic heterocycles. The maximum Gasteiger partial charge on any atom is 0.408 e. The maximum absolute atomic E-state index is 14.6. The molecule has 17 nitrogen and oxygen atoms in total. The van der Waals surface area contributed by atoms with E-state index >= 15 is 0 Å². The number of fused-ring (bicyclic) bond motifs is 3. The zero-order valence-corrected chi connectivity index (χ0v) is 37.1. The third kappa shape index (κ3) is 13.4. The Balaban J connectivity index is 1.53. The summed E-state index contributed by atoms with van der Waals surface area (Å²) in [6, 6.07) is 19.8. The fraction of sp³-hybridized carbons (Fsp3) is 0.375. The van der Waals surface area contributed by atoms with Gasteiger partial charge in [-0.2, -0.15) is 0 Å². The van der Waals surface area contributed by atoms with Crippen LogP contribution in [0.2, 0.25) is 0 Å². The molecule has 0 unspecified atom stereocenters. The van der Waals surface area contributed by atoms with E-state index in [2.05, 4.69) is 37.2 Å². The Labute approximate surface area is 377 Å². The first-order valence-electron chi connectivity index (χ1n) is 21.4. The van der Waals surface area contributed by atoms with Gasteiger partial charge in [0.2, 0.25) is 35.4 Å². The summed E-state index contributed by atoms with van der Waals surface area (Å²) >= 11 is 0. The van der Waals surface area contributed by atoms with Crippen molar-refractivity contribution in [1.29, 1.82) is 0 Å². The van der Waals surface area contributed by atoms with Crippen molar-refractivity contribution < 1.29 is 47.8 Å². The molecule has 7 N–H and O–H groups in total. The summed E-state index contributed by atoms with van der Waals surface area (Å²) in [5.74, 6) is -5.48. The van der Waals surface area contributed by atoms with Gasteiger partial charge in [-0.1, -0.05) is 115 Å². The van der Waals surface area contributed by atoms with E-state index < -0.39 is 101 Å². The van der Waals surface area contributed by atoms with E-state index in [1.54, 1.807) is 20.8 Å². The van der Waals surface area contributed by atoms with Crippen LogP contribution in [0.25, 0.3) is 0 Å². The van der Waals surface area contributed by atoms with Crippen molar-refractivity contribution in [3.05, 3.63) is 132 Å². The first kappa shape index (κ1) is 48.7. The van der Waals surface area contributed by atoms with Gasteiger partial charge in [0.05, 0.1) is 13.5 Å². The van der Waals surface area contributed by atoms with E-state index in [-0.39, 0.29) is 25.7 Å². The summed E-state index contributed by atoms with van der Waals surface area (Å²) in [7, 11) is 1.14. The highest BCUT2D eigenvalue weighted by Gasteiger charge is 2.40. The second kappa shape index (κ2) is 22.4. The van der Waals surface area contributed by atoms with Crippen LogP contribution < -0.4 is 37.2 Å². The molecule has 0 fully saturated rings. The van der Waals surface area contributed by atoms with Gasteiger partial charge in [-0.25, -0.2) is 9.59 Å². The molecule has 0 spiro atoms. The van der Waals surface area contributed by atoms with Crippen molar-refractivity contribution >= 4 is 47.5 Å². The third-order valence-electron chi connectivity index (χ3n) is 10.6. The van der Waals surface area contributed by atoms with Gasteiger partial charge in [-0.3, -0.25) is 28.8 Å². The molecule has 7 amide bonds. The molecule has 2 bridgehead atoms. The highest BCUT2D eigenvalue weighted by Crippen LogP contribution is 2.37. The highest BCUT2D eigenvalue weighted by atomic mass is 16.6. The zero-order chi connectivity index (χ0) is 47.1. The number of carbonyl (C=O) groups is 8. The molecular formula is C48H57N7O10. The second-order valence-corrected chi connectivity index (χ2v) is 16.7. The molecule has 2 heterocycles. The van der Waals surface area contributed by atoms with Crippen molar-refractivity contribution in [2.75, 3.05) is 7.11 Å². The van der Waals surface area contributed by atoms with Crippen LogP contribution in [-0.4, -0.2) is 96.5 Å². The zero-order valence-electron chi connectivity index (χ0n) is 37.1. The van der Waals surface area contributed by atoms with E-state index in [9.17, 15) is 38.4 Å². The SMILES string of the molecule is COC(=O)[C@@H]1C/C=C\C[C@H]2NC(=O)[C@H](C)NC(=O)[C@H](NC(=O)OC(C)(C)C)C/C=C/C[C@H](NC2=O)C(=O)N[C@@H](CC(=O)NC(c2ccccc2)(c2ccccc2)c2ccccc2)C(=O)N1. The minimum absolute atomic E-state index is 0.110. The Bertz CT molecular complexity index is 2150. The fourth-order valence-electron chi connectivity index (χ4n) is 7.36. The summed E-state index contributed by atoms with van der Waals surface area (Å²) in [4.78, 5) is 110. The Morgan fingerprint density at radius 1 is 0.600 bits per heavy atom. The number of hydrogen-bond acceptors (Lipinski definition) is 10. The molecule has 3 aromatic carbocycles. The smallest absolute Gasteiger partial charge is 0.408 e. The number of nitrogens with one attached hydrogen (secondary N) is 7. The van der Waals surface area contributed by atoms with Crippen molar-refractivity contribution in [2.24, 2.45) is 0 Å². The van der Waals surface area contributed by atoms with E-state index in [1.807, 2.05) is 91.0 Å². The minimum Gasteiger partial charge on any atom is -0.467 e. The van der Waals surface area contributed by atoms with Crippen molar-refractivity contribution in [2.45, 2.75) is 107 Å². The molecule has 5 rings (SSSR count). The lowest BCUT2D eigenvalue weighted by Crippen LogP contribution is -2.60. The summed E-state index contributed by atoms with van der Waals surface area (Å²) in [6.45, 7) is 6.37. The summed E-state index contributed by atoms with van der Waals surface area (Å²) in [6.07, 6.45) is 3.99. The van der Waals surface area contributed by atoms with Gasteiger partial charge in [-0.05, 0) is 70.1 Å². The molecule has 65 heavy (non-hydrogen) atoms. The van der Waals surface area contributed by atoms with Gasteiger partial charge < -0.3 is 46.7 Å². The number of carbonyl (C=O) groups excluding carboxylic acids is 8. The number of rotatable bonds is 8. The predicted molar refractivity (Wildman–Crippen MR) is 239 cm³/mol. The molecule has 3 aromatic rings. The number of alkyl carbamates (subject to hydrolysis) is 1. The Kier molecular flexibility index (Phi) is 16.8. The van der Waals surface area contributed by atoms with Crippen LogP contribution in [0.5, 0.6) is 0 Å². The molecule has 0 aliphatic carbocycles. The van der Waals surface area contributed by atoms with Crippen LogP contribution >= 0.6 is 0 Å². The molecule has 6 atom stereocenters. The third-order valence-corrected chi connectivity index (χ3v) is 10.6. The normalized spacial score (nSPS) is 23.6. The van der Waals surface area contributed by atoms with E-state index in [0.717, 1.165) is 7.11 Å². The average Bonchev–Trinajstić information content (AvgIpc) is 3.28. The Hall–Kier alpha value is -7.30. The van der Waals surface area contributed by atoms with Gasteiger partial charge in [0, 0.05) is 0 Å². The molecule has 2 aliphatic heterocycles. The van der Waals surface area contributed by atoms with Crippen molar-refractivity contribution in [3.63, 3.8) is 0 Å². The molecule has 344 valence electrons. The van der Waals surface area contributed by atoms with Crippen LogP contribution in [0.4, 0.5) is 4.79 Å². The maximum atomic E-state index is 14.6.